The largest absolute Gasteiger partial charge is 0.386 e. The van der Waals surface area contributed by atoms with E-state index in [1.807, 2.05) is 13.8 Å². The fourth-order valence-corrected chi connectivity index (χ4v) is 1.45. The number of hydrogen-bond acceptors (Lipinski definition) is 2. The van der Waals surface area contributed by atoms with Crippen LogP contribution in [0.25, 0.3) is 0 Å². The average molecular weight is 223 g/mol. The van der Waals surface area contributed by atoms with Crippen molar-refractivity contribution in [2.45, 2.75) is 40.2 Å². The van der Waals surface area contributed by atoms with E-state index in [0.717, 1.165) is 11.3 Å². The van der Waals surface area contributed by atoms with Crippen LogP contribution in [0.3, 0.4) is 0 Å². The van der Waals surface area contributed by atoms with Crippen molar-refractivity contribution in [1.29, 1.82) is 0 Å². The molecule has 0 atom stereocenters. The van der Waals surface area contributed by atoms with Gasteiger partial charge in [0, 0.05) is 5.71 Å². The zero-order chi connectivity index (χ0) is 12.5. The summed E-state index contributed by atoms with van der Waals surface area (Å²) in [5.74, 6) is -0.390. The maximum Gasteiger partial charge on any atom is 0.149 e. The molecule has 16 heavy (non-hydrogen) atoms. The van der Waals surface area contributed by atoms with Crippen molar-refractivity contribution >= 4 is 11.4 Å². The number of rotatable bonds is 2. The summed E-state index contributed by atoms with van der Waals surface area (Å²) in [6.07, 6.45) is 0. The van der Waals surface area contributed by atoms with Crippen molar-refractivity contribution in [3.63, 3.8) is 0 Å². The molecule has 1 N–H and O–H groups in total. The molecule has 88 valence electrons. The second kappa shape index (κ2) is 4.34. The van der Waals surface area contributed by atoms with E-state index in [1.54, 1.807) is 26.8 Å². The van der Waals surface area contributed by atoms with Gasteiger partial charge >= 0.3 is 0 Å². The van der Waals surface area contributed by atoms with Crippen LogP contribution < -0.4 is 0 Å². The Morgan fingerprint density at radius 3 is 2.25 bits per heavy atom. The molecule has 1 aromatic carbocycles. The Morgan fingerprint density at radius 1 is 1.31 bits per heavy atom. The topological polar surface area (TPSA) is 32.6 Å². The lowest BCUT2D eigenvalue weighted by Crippen LogP contribution is -2.16. The average Bonchev–Trinajstić information content (AvgIpc) is 2.09. The number of aliphatic hydroxyl groups is 1. The second-order valence-corrected chi connectivity index (χ2v) is 4.74. The molecule has 0 saturated carbocycles. The number of aliphatic imine (C=N–C) groups is 1. The Balaban J connectivity index is 3.34. The molecule has 0 aliphatic heterocycles. The van der Waals surface area contributed by atoms with Gasteiger partial charge in [0.05, 0.1) is 5.60 Å². The lowest BCUT2D eigenvalue weighted by Gasteiger charge is -2.19. The van der Waals surface area contributed by atoms with Crippen molar-refractivity contribution in [2.24, 2.45) is 4.99 Å². The van der Waals surface area contributed by atoms with Gasteiger partial charge in [-0.25, -0.2) is 4.39 Å². The van der Waals surface area contributed by atoms with Crippen molar-refractivity contribution < 1.29 is 9.50 Å². The highest BCUT2D eigenvalue weighted by molar-refractivity contribution is 5.82. The fraction of sp³-hybridized carbons (Fsp3) is 0.462. The summed E-state index contributed by atoms with van der Waals surface area (Å²) >= 11 is 0. The standard InChI is InChI=1S/C13H18FNO/c1-8(2)15-12-9(3)6-10(7-11(12)14)13(4,5)16/h6-7,16H,1-5H3. The Kier molecular flexibility index (Phi) is 3.48. The maximum atomic E-state index is 13.8. The first kappa shape index (κ1) is 12.8. The molecule has 0 heterocycles. The number of nitrogens with zero attached hydrogens (tertiary/aromatic N) is 1. The van der Waals surface area contributed by atoms with Gasteiger partial charge in [-0.15, -0.1) is 0 Å². The Hall–Kier alpha value is -1.22. The zero-order valence-electron chi connectivity index (χ0n) is 10.4. The molecule has 0 spiro atoms. The summed E-state index contributed by atoms with van der Waals surface area (Å²) in [5, 5.41) is 9.81. The minimum atomic E-state index is -1.03. The minimum Gasteiger partial charge on any atom is -0.386 e. The Labute approximate surface area is 95.8 Å². The van der Waals surface area contributed by atoms with Crippen LogP contribution in [-0.2, 0) is 5.60 Å². The van der Waals surface area contributed by atoms with E-state index in [4.69, 9.17) is 0 Å². The molecule has 0 saturated heterocycles. The van der Waals surface area contributed by atoms with Crippen molar-refractivity contribution in [3.8, 4) is 0 Å². The van der Waals surface area contributed by atoms with Gasteiger partial charge in [0.15, 0.2) is 0 Å². The molecule has 0 aromatic heterocycles. The smallest absolute Gasteiger partial charge is 0.149 e. The number of hydrogen-bond donors (Lipinski definition) is 1. The van der Waals surface area contributed by atoms with Crippen LogP contribution in [0.15, 0.2) is 17.1 Å². The molecular formula is C13H18FNO. The predicted molar refractivity (Wildman–Crippen MR) is 64.8 cm³/mol. The van der Waals surface area contributed by atoms with E-state index in [9.17, 15) is 9.50 Å². The number of aryl methyl sites for hydroxylation is 1. The van der Waals surface area contributed by atoms with E-state index >= 15 is 0 Å². The quantitative estimate of drug-likeness (QED) is 0.765. The zero-order valence-corrected chi connectivity index (χ0v) is 10.4. The normalized spacial score (nSPS) is 11.4. The summed E-state index contributed by atoms with van der Waals surface area (Å²) in [4.78, 5) is 4.14. The molecule has 1 aromatic rings. The van der Waals surface area contributed by atoms with Crippen LogP contribution in [0.4, 0.5) is 10.1 Å². The molecule has 0 aliphatic carbocycles. The minimum absolute atomic E-state index is 0.355. The molecule has 0 radical (unpaired) electrons. The summed E-state index contributed by atoms with van der Waals surface area (Å²) in [5.41, 5.74) is 1.43. The third kappa shape index (κ3) is 2.89. The first-order chi connectivity index (χ1) is 7.21. The third-order valence-electron chi connectivity index (χ3n) is 2.30. The first-order valence-electron chi connectivity index (χ1n) is 5.26. The van der Waals surface area contributed by atoms with Crippen LogP contribution in [0.1, 0.15) is 38.8 Å². The highest BCUT2D eigenvalue weighted by Gasteiger charge is 2.19. The van der Waals surface area contributed by atoms with Gasteiger partial charge < -0.3 is 5.11 Å². The highest BCUT2D eigenvalue weighted by atomic mass is 19.1. The van der Waals surface area contributed by atoms with Gasteiger partial charge in [-0.1, -0.05) is 6.07 Å². The predicted octanol–water partition coefficient (Wildman–Crippen LogP) is 3.47. The summed E-state index contributed by atoms with van der Waals surface area (Å²) in [6.45, 7) is 8.70. The van der Waals surface area contributed by atoms with Crippen LogP contribution in [0.5, 0.6) is 0 Å². The fourth-order valence-electron chi connectivity index (χ4n) is 1.45. The molecule has 0 bridgehead atoms. The Morgan fingerprint density at radius 2 is 1.88 bits per heavy atom. The molecule has 0 unspecified atom stereocenters. The highest BCUT2D eigenvalue weighted by Crippen LogP contribution is 2.29. The lowest BCUT2D eigenvalue weighted by molar-refractivity contribution is 0.0782. The van der Waals surface area contributed by atoms with Crippen molar-refractivity contribution in [1.82, 2.24) is 0 Å². The molecule has 0 aliphatic rings. The molecule has 1 rings (SSSR count). The van der Waals surface area contributed by atoms with Crippen molar-refractivity contribution in [3.05, 3.63) is 29.1 Å². The maximum absolute atomic E-state index is 13.8. The SMILES string of the molecule is CC(C)=Nc1c(C)cc(C(C)(C)O)cc1F. The molecule has 2 nitrogen and oxygen atoms in total. The summed E-state index contributed by atoms with van der Waals surface area (Å²) < 4.78 is 13.8. The van der Waals surface area contributed by atoms with E-state index in [2.05, 4.69) is 4.99 Å². The van der Waals surface area contributed by atoms with Gasteiger partial charge in [0.1, 0.15) is 11.5 Å². The van der Waals surface area contributed by atoms with Crippen LogP contribution in [-0.4, -0.2) is 10.8 Å². The van der Waals surface area contributed by atoms with E-state index in [-0.39, 0.29) is 0 Å². The summed E-state index contributed by atoms with van der Waals surface area (Å²) in [6, 6.07) is 3.11. The Bertz CT molecular complexity index is 403. The molecular weight excluding hydrogens is 205 g/mol. The van der Waals surface area contributed by atoms with E-state index in [0.29, 0.717) is 11.3 Å². The van der Waals surface area contributed by atoms with E-state index < -0.39 is 11.4 Å². The molecule has 0 fully saturated rings. The second-order valence-electron chi connectivity index (χ2n) is 4.74. The van der Waals surface area contributed by atoms with Crippen molar-refractivity contribution in [2.75, 3.05) is 0 Å². The molecule has 3 heteroatoms. The first-order valence-corrected chi connectivity index (χ1v) is 5.26. The van der Waals surface area contributed by atoms with E-state index in [1.165, 1.54) is 6.07 Å². The monoisotopic (exact) mass is 223 g/mol. The van der Waals surface area contributed by atoms with Gasteiger partial charge in [-0.3, -0.25) is 4.99 Å². The lowest BCUT2D eigenvalue weighted by atomic mass is 9.96. The number of halogens is 1. The van der Waals surface area contributed by atoms with Gasteiger partial charge in [0.2, 0.25) is 0 Å². The third-order valence-corrected chi connectivity index (χ3v) is 2.30. The van der Waals surface area contributed by atoms with Crippen LogP contribution in [0.2, 0.25) is 0 Å². The number of benzene rings is 1. The van der Waals surface area contributed by atoms with Gasteiger partial charge in [-0.2, -0.15) is 0 Å². The van der Waals surface area contributed by atoms with Crippen LogP contribution in [0, 0.1) is 12.7 Å². The summed E-state index contributed by atoms with van der Waals surface area (Å²) in [7, 11) is 0. The van der Waals surface area contributed by atoms with Gasteiger partial charge in [0.25, 0.3) is 0 Å². The molecule has 0 amide bonds. The van der Waals surface area contributed by atoms with Crippen LogP contribution >= 0.6 is 0 Å². The van der Waals surface area contributed by atoms with Gasteiger partial charge in [-0.05, 0) is 51.8 Å².